The van der Waals surface area contributed by atoms with E-state index >= 15 is 0 Å². The Balaban J connectivity index is 2.38. The first-order valence-corrected chi connectivity index (χ1v) is 8.12. The molecule has 0 atom stereocenters. The van der Waals surface area contributed by atoms with Crippen LogP contribution in [0.25, 0.3) is 0 Å². The lowest BCUT2D eigenvalue weighted by atomic mass is 9.97. The van der Waals surface area contributed by atoms with Crippen LogP contribution in [0.3, 0.4) is 0 Å². The van der Waals surface area contributed by atoms with Crippen LogP contribution in [0, 0.1) is 0 Å². The van der Waals surface area contributed by atoms with Gasteiger partial charge in [0.05, 0.1) is 0 Å². The lowest BCUT2D eigenvalue weighted by Crippen LogP contribution is -2.30. The van der Waals surface area contributed by atoms with Crippen LogP contribution >= 0.6 is 11.8 Å². The second kappa shape index (κ2) is 7.10. The van der Waals surface area contributed by atoms with Crippen molar-refractivity contribution in [3.63, 3.8) is 0 Å². The highest BCUT2D eigenvalue weighted by Crippen LogP contribution is 2.28. The first-order valence-electron chi connectivity index (χ1n) is 7.14. The number of aliphatic hydroxyl groups is 1. The van der Waals surface area contributed by atoms with Crippen LogP contribution in [0.1, 0.15) is 43.9 Å². The Morgan fingerprint density at radius 1 is 1.37 bits per heavy atom. The zero-order chi connectivity index (χ0) is 13.7. The van der Waals surface area contributed by atoms with Crippen molar-refractivity contribution >= 4 is 11.8 Å². The van der Waals surface area contributed by atoms with Crippen LogP contribution in [-0.2, 0) is 19.4 Å². The van der Waals surface area contributed by atoms with Crippen molar-refractivity contribution in [3.05, 3.63) is 21.7 Å². The van der Waals surface area contributed by atoms with Crippen LogP contribution in [0.2, 0.25) is 0 Å². The average molecular weight is 282 g/mol. The molecule has 1 N–H and O–H groups in total. The third-order valence-electron chi connectivity index (χ3n) is 3.43. The van der Waals surface area contributed by atoms with Crippen molar-refractivity contribution in [3.8, 4) is 0 Å². The zero-order valence-electron chi connectivity index (χ0n) is 11.5. The van der Waals surface area contributed by atoms with E-state index in [-0.39, 0.29) is 12.3 Å². The fourth-order valence-electron chi connectivity index (χ4n) is 2.53. The Labute approximate surface area is 118 Å². The molecule has 0 aliphatic heterocycles. The predicted octanol–water partition coefficient (Wildman–Crippen LogP) is 2.01. The van der Waals surface area contributed by atoms with Crippen LogP contribution in [0.4, 0.5) is 0 Å². The predicted molar refractivity (Wildman–Crippen MR) is 77.9 cm³/mol. The fourth-order valence-corrected chi connectivity index (χ4v) is 3.46. The average Bonchev–Trinajstić information content (AvgIpc) is 2.44. The summed E-state index contributed by atoms with van der Waals surface area (Å²) in [6.45, 7) is 2.85. The van der Waals surface area contributed by atoms with E-state index in [0.717, 1.165) is 36.5 Å². The molecule has 0 bridgehead atoms. The quantitative estimate of drug-likeness (QED) is 0.640. The van der Waals surface area contributed by atoms with Crippen molar-refractivity contribution < 1.29 is 5.11 Å². The van der Waals surface area contributed by atoms with Gasteiger partial charge in [0.2, 0.25) is 0 Å². The highest BCUT2D eigenvalue weighted by atomic mass is 32.2. The van der Waals surface area contributed by atoms with E-state index in [1.165, 1.54) is 17.7 Å². The first-order chi connectivity index (χ1) is 9.27. The summed E-state index contributed by atoms with van der Waals surface area (Å²) >= 11 is 1.71. The lowest BCUT2D eigenvalue weighted by molar-refractivity contribution is 0.277. The van der Waals surface area contributed by atoms with Crippen LogP contribution in [0.5, 0.6) is 0 Å². The van der Waals surface area contributed by atoms with Gasteiger partial charge in [0.25, 0.3) is 0 Å². The van der Waals surface area contributed by atoms with Gasteiger partial charge in [-0.2, -0.15) is 4.98 Å². The molecule has 0 amide bonds. The minimum absolute atomic E-state index is 0.119. The molecule has 1 aliphatic rings. The maximum absolute atomic E-state index is 12.1. The SMILES string of the molecule is CCCSc1nc(=O)n(CCCO)c2c1CCCC2. The Morgan fingerprint density at radius 3 is 2.89 bits per heavy atom. The number of aromatic nitrogens is 2. The van der Waals surface area contributed by atoms with Gasteiger partial charge in [-0.25, -0.2) is 4.79 Å². The zero-order valence-corrected chi connectivity index (χ0v) is 12.3. The van der Waals surface area contributed by atoms with Gasteiger partial charge in [-0.3, -0.25) is 4.57 Å². The molecule has 1 heterocycles. The molecular weight excluding hydrogens is 260 g/mol. The minimum atomic E-state index is -0.146. The van der Waals surface area contributed by atoms with Crippen molar-refractivity contribution in [2.24, 2.45) is 0 Å². The molecule has 4 nitrogen and oxygen atoms in total. The molecule has 5 heteroatoms. The van der Waals surface area contributed by atoms with Gasteiger partial charge < -0.3 is 5.11 Å². The van der Waals surface area contributed by atoms with Gasteiger partial charge in [-0.05, 0) is 44.3 Å². The third-order valence-corrected chi connectivity index (χ3v) is 4.66. The van der Waals surface area contributed by atoms with Gasteiger partial charge in [0.1, 0.15) is 5.03 Å². The second-order valence-corrected chi connectivity index (χ2v) is 5.99. The van der Waals surface area contributed by atoms with Gasteiger partial charge in [-0.1, -0.05) is 6.92 Å². The summed E-state index contributed by atoms with van der Waals surface area (Å²) in [5, 5.41) is 9.90. The molecule has 0 spiro atoms. The van der Waals surface area contributed by atoms with Crippen molar-refractivity contribution in [2.75, 3.05) is 12.4 Å². The number of fused-ring (bicyclic) bond motifs is 1. The van der Waals surface area contributed by atoms with E-state index in [0.29, 0.717) is 13.0 Å². The van der Waals surface area contributed by atoms with E-state index in [1.54, 1.807) is 16.3 Å². The molecule has 2 rings (SSSR count). The van der Waals surface area contributed by atoms with Gasteiger partial charge in [-0.15, -0.1) is 11.8 Å². The number of rotatable bonds is 6. The molecule has 0 fully saturated rings. The van der Waals surface area contributed by atoms with Gasteiger partial charge in [0.15, 0.2) is 0 Å². The fraction of sp³-hybridized carbons (Fsp3) is 0.714. The summed E-state index contributed by atoms with van der Waals surface area (Å²) in [5.41, 5.74) is 2.30. The molecule has 0 radical (unpaired) electrons. The van der Waals surface area contributed by atoms with E-state index in [2.05, 4.69) is 11.9 Å². The molecule has 1 aromatic heterocycles. The van der Waals surface area contributed by atoms with Crippen molar-refractivity contribution in [1.29, 1.82) is 0 Å². The van der Waals surface area contributed by atoms with Crippen molar-refractivity contribution in [1.82, 2.24) is 9.55 Å². The summed E-state index contributed by atoms with van der Waals surface area (Å²) < 4.78 is 1.78. The molecule has 1 aromatic rings. The second-order valence-electron chi connectivity index (χ2n) is 4.91. The van der Waals surface area contributed by atoms with Crippen LogP contribution in [-0.4, -0.2) is 27.0 Å². The van der Waals surface area contributed by atoms with Crippen molar-refractivity contribution in [2.45, 2.75) is 57.0 Å². The highest BCUT2D eigenvalue weighted by molar-refractivity contribution is 7.99. The Hall–Kier alpha value is -0.810. The van der Waals surface area contributed by atoms with Crippen LogP contribution in [0.15, 0.2) is 9.82 Å². The Morgan fingerprint density at radius 2 is 2.16 bits per heavy atom. The molecule has 0 aromatic carbocycles. The van der Waals surface area contributed by atoms with E-state index < -0.39 is 0 Å². The normalized spacial score (nSPS) is 14.4. The third kappa shape index (κ3) is 3.39. The van der Waals surface area contributed by atoms with E-state index in [4.69, 9.17) is 5.11 Å². The molecule has 0 saturated heterocycles. The summed E-state index contributed by atoms with van der Waals surface area (Å²) in [5.74, 6) is 1.01. The first kappa shape index (κ1) is 14.6. The molecule has 1 aliphatic carbocycles. The number of nitrogens with zero attached hydrogens (tertiary/aromatic N) is 2. The highest BCUT2D eigenvalue weighted by Gasteiger charge is 2.19. The number of thioether (sulfide) groups is 1. The monoisotopic (exact) mass is 282 g/mol. The Kier molecular flexibility index (Phi) is 5.45. The van der Waals surface area contributed by atoms with Gasteiger partial charge >= 0.3 is 5.69 Å². The van der Waals surface area contributed by atoms with Crippen LogP contribution < -0.4 is 5.69 Å². The van der Waals surface area contributed by atoms with Gasteiger partial charge in [0, 0.05) is 24.4 Å². The maximum atomic E-state index is 12.1. The summed E-state index contributed by atoms with van der Waals surface area (Å²) in [6.07, 6.45) is 6.05. The largest absolute Gasteiger partial charge is 0.396 e. The number of hydrogen-bond acceptors (Lipinski definition) is 4. The number of aliphatic hydroxyl groups excluding tert-OH is 1. The standard InChI is InChI=1S/C14H22N2O2S/c1-2-10-19-13-11-6-3-4-7-12(11)16(8-5-9-17)14(18)15-13/h17H,2-10H2,1H3. The number of hydrogen-bond donors (Lipinski definition) is 1. The lowest BCUT2D eigenvalue weighted by Gasteiger charge is -2.22. The van der Waals surface area contributed by atoms with E-state index in [1.807, 2.05) is 0 Å². The smallest absolute Gasteiger partial charge is 0.348 e. The molecule has 19 heavy (non-hydrogen) atoms. The summed E-state index contributed by atoms with van der Waals surface area (Å²) in [6, 6.07) is 0. The molecule has 0 unspecified atom stereocenters. The minimum Gasteiger partial charge on any atom is -0.396 e. The summed E-state index contributed by atoms with van der Waals surface area (Å²) in [7, 11) is 0. The molecule has 0 saturated carbocycles. The topological polar surface area (TPSA) is 55.1 Å². The Bertz CT molecular complexity index is 485. The van der Waals surface area contributed by atoms with E-state index in [9.17, 15) is 4.79 Å². The maximum Gasteiger partial charge on any atom is 0.348 e. The molecule has 106 valence electrons. The summed E-state index contributed by atoms with van der Waals surface area (Å²) in [4.78, 5) is 16.4. The molecular formula is C14H22N2O2S.